The Labute approximate surface area is 115 Å². The summed E-state index contributed by atoms with van der Waals surface area (Å²) in [6, 6.07) is 1.54. The molecule has 2 fully saturated rings. The number of pyridine rings is 1. The third kappa shape index (κ3) is 2.56. The number of hydrogen-bond acceptors (Lipinski definition) is 5. The van der Waals surface area contributed by atoms with Gasteiger partial charge in [-0.25, -0.2) is 4.98 Å². The summed E-state index contributed by atoms with van der Waals surface area (Å²) in [5, 5.41) is 11.0. The average molecular weight is 276 g/mol. The van der Waals surface area contributed by atoms with Crippen molar-refractivity contribution in [2.75, 3.05) is 12.3 Å². The molecule has 1 aromatic rings. The fraction of sp³-hybridized carbons (Fsp3) is 0.538. The number of nitrogens with zero attached hydrogens (tertiary/aromatic N) is 3. The molecule has 7 nitrogen and oxygen atoms in total. The van der Waals surface area contributed by atoms with Gasteiger partial charge in [0.15, 0.2) is 0 Å². The standard InChI is InChI=1S/C13H16N4O3/c14-12-5-10(11(6-15-12)17(19)20)13(18)16(9-3-4-9)7-8-1-2-8/h5-6,8-9H,1-4,7H2,(H2,14,15). The zero-order valence-corrected chi connectivity index (χ0v) is 11.0. The van der Waals surface area contributed by atoms with E-state index in [0.29, 0.717) is 12.5 Å². The molecule has 2 aliphatic carbocycles. The van der Waals surface area contributed by atoms with E-state index in [0.717, 1.165) is 31.9 Å². The van der Waals surface area contributed by atoms with E-state index in [4.69, 9.17) is 5.73 Å². The van der Waals surface area contributed by atoms with Crippen molar-refractivity contribution in [1.29, 1.82) is 0 Å². The normalized spacial score (nSPS) is 17.8. The maximum atomic E-state index is 12.6. The molecule has 1 amide bonds. The van der Waals surface area contributed by atoms with E-state index in [-0.39, 0.29) is 29.0 Å². The first-order valence-corrected chi connectivity index (χ1v) is 6.77. The van der Waals surface area contributed by atoms with Gasteiger partial charge in [-0.3, -0.25) is 14.9 Å². The van der Waals surface area contributed by atoms with Crippen LogP contribution in [0, 0.1) is 16.0 Å². The maximum absolute atomic E-state index is 12.6. The monoisotopic (exact) mass is 276 g/mol. The van der Waals surface area contributed by atoms with Gasteiger partial charge < -0.3 is 10.6 Å². The van der Waals surface area contributed by atoms with Crippen molar-refractivity contribution in [3.63, 3.8) is 0 Å². The second kappa shape index (κ2) is 4.73. The van der Waals surface area contributed by atoms with Crippen LogP contribution in [0.15, 0.2) is 12.3 Å². The van der Waals surface area contributed by atoms with Crippen LogP contribution < -0.4 is 5.73 Å². The molecule has 0 spiro atoms. The molecule has 7 heteroatoms. The van der Waals surface area contributed by atoms with Crippen molar-refractivity contribution in [3.05, 3.63) is 27.9 Å². The summed E-state index contributed by atoms with van der Waals surface area (Å²) >= 11 is 0. The van der Waals surface area contributed by atoms with Crippen LogP contribution in [-0.2, 0) is 0 Å². The van der Waals surface area contributed by atoms with E-state index in [1.807, 2.05) is 0 Å². The quantitative estimate of drug-likeness (QED) is 0.649. The smallest absolute Gasteiger partial charge is 0.300 e. The maximum Gasteiger partial charge on any atom is 0.300 e. The van der Waals surface area contributed by atoms with Gasteiger partial charge in [-0.15, -0.1) is 0 Å². The van der Waals surface area contributed by atoms with E-state index >= 15 is 0 Å². The molecule has 106 valence electrons. The van der Waals surface area contributed by atoms with Crippen LogP contribution >= 0.6 is 0 Å². The lowest BCUT2D eigenvalue weighted by Crippen LogP contribution is -2.35. The fourth-order valence-electron chi connectivity index (χ4n) is 2.30. The molecule has 0 saturated heterocycles. The van der Waals surface area contributed by atoms with Crippen molar-refractivity contribution in [2.45, 2.75) is 31.7 Å². The third-order valence-electron chi connectivity index (χ3n) is 3.73. The van der Waals surface area contributed by atoms with Gasteiger partial charge in [-0.1, -0.05) is 0 Å². The second-order valence-corrected chi connectivity index (χ2v) is 5.52. The average Bonchev–Trinajstić information content (AvgIpc) is 3.26. The van der Waals surface area contributed by atoms with Gasteiger partial charge >= 0.3 is 0 Å². The molecular weight excluding hydrogens is 260 g/mol. The Hall–Kier alpha value is -2.18. The number of anilines is 1. The van der Waals surface area contributed by atoms with Crippen LogP contribution in [0.4, 0.5) is 11.5 Å². The zero-order valence-electron chi connectivity index (χ0n) is 11.0. The highest BCUT2D eigenvalue weighted by molar-refractivity contribution is 5.99. The summed E-state index contributed by atoms with van der Waals surface area (Å²) in [6.45, 7) is 0.697. The lowest BCUT2D eigenvalue weighted by atomic mass is 10.1. The first-order chi connectivity index (χ1) is 9.56. The Morgan fingerprint density at radius 2 is 2.15 bits per heavy atom. The first-order valence-electron chi connectivity index (χ1n) is 6.77. The molecular formula is C13H16N4O3. The Kier molecular flexibility index (Phi) is 3.04. The van der Waals surface area contributed by atoms with Gasteiger partial charge in [0.2, 0.25) is 0 Å². The van der Waals surface area contributed by atoms with Gasteiger partial charge in [-0.05, 0) is 37.7 Å². The molecule has 2 N–H and O–H groups in total. The van der Waals surface area contributed by atoms with Gasteiger partial charge in [-0.2, -0.15) is 0 Å². The van der Waals surface area contributed by atoms with E-state index in [9.17, 15) is 14.9 Å². The molecule has 3 rings (SSSR count). The summed E-state index contributed by atoms with van der Waals surface area (Å²) in [4.78, 5) is 28.5. The summed E-state index contributed by atoms with van der Waals surface area (Å²) in [6.07, 6.45) is 5.29. The minimum Gasteiger partial charge on any atom is -0.384 e. The Bertz CT molecular complexity index is 567. The number of nitrogen functional groups attached to an aromatic ring is 1. The summed E-state index contributed by atoms with van der Waals surface area (Å²) in [5.74, 6) is 0.388. The molecule has 0 radical (unpaired) electrons. The van der Waals surface area contributed by atoms with E-state index in [1.54, 1.807) is 4.90 Å². The zero-order chi connectivity index (χ0) is 14.3. The van der Waals surface area contributed by atoms with Crippen molar-refractivity contribution in [2.24, 2.45) is 5.92 Å². The third-order valence-corrected chi connectivity index (χ3v) is 3.73. The molecule has 0 unspecified atom stereocenters. The Balaban J connectivity index is 1.90. The topological polar surface area (TPSA) is 102 Å². The van der Waals surface area contributed by atoms with Gasteiger partial charge in [0, 0.05) is 12.6 Å². The van der Waals surface area contributed by atoms with Gasteiger partial charge in [0.05, 0.1) is 4.92 Å². The number of nitrogens with two attached hydrogens (primary N) is 1. The molecule has 0 atom stereocenters. The van der Waals surface area contributed by atoms with Crippen LogP contribution in [-0.4, -0.2) is 33.3 Å². The summed E-state index contributed by atoms with van der Waals surface area (Å²) in [7, 11) is 0. The lowest BCUT2D eigenvalue weighted by Gasteiger charge is -2.22. The first kappa shape index (κ1) is 12.8. The van der Waals surface area contributed by atoms with Crippen molar-refractivity contribution >= 4 is 17.4 Å². The van der Waals surface area contributed by atoms with Crippen LogP contribution in [0.5, 0.6) is 0 Å². The summed E-state index contributed by atoms with van der Waals surface area (Å²) in [5.41, 5.74) is 5.34. The molecule has 2 saturated carbocycles. The Morgan fingerprint density at radius 3 is 2.70 bits per heavy atom. The Morgan fingerprint density at radius 1 is 1.45 bits per heavy atom. The highest BCUT2D eigenvalue weighted by atomic mass is 16.6. The molecule has 20 heavy (non-hydrogen) atoms. The number of carbonyl (C=O) groups is 1. The number of hydrogen-bond donors (Lipinski definition) is 1. The lowest BCUT2D eigenvalue weighted by molar-refractivity contribution is -0.385. The van der Waals surface area contributed by atoms with E-state index < -0.39 is 4.92 Å². The second-order valence-electron chi connectivity index (χ2n) is 5.52. The molecule has 0 aliphatic heterocycles. The molecule has 1 heterocycles. The van der Waals surface area contributed by atoms with Crippen LogP contribution in [0.1, 0.15) is 36.0 Å². The van der Waals surface area contributed by atoms with Gasteiger partial charge in [0.25, 0.3) is 11.6 Å². The minimum atomic E-state index is -0.581. The SMILES string of the molecule is Nc1cc(C(=O)N(CC2CC2)C2CC2)c([N+](=O)[O-])cn1. The number of amides is 1. The predicted molar refractivity (Wildman–Crippen MR) is 72.1 cm³/mol. The molecule has 0 aromatic carbocycles. The highest BCUT2D eigenvalue weighted by Crippen LogP contribution is 2.36. The molecule has 1 aromatic heterocycles. The van der Waals surface area contributed by atoms with Crippen molar-refractivity contribution < 1.29 is 9.72 Å². The number of aromatic nitrogens is 1. The number of rotatable bonds is 5. The van der Waals surface area contributed by atoms with Crippen LogP contribution in [0.25, 0.3) is 0 Å². The largest absolute Gasteiger partial charge is 0.384 e. The minimum absolute atomic E-state index is 0.0510. The summed E-state index contributed by atoms with van der Waals surface area (Å²) < 4.78 is 0. The van der Waals surface area contributed by atoms with Crippen molar-refractivity contribution in [1.82, 2.24) is 9.88 Å². The van der Waals surface area contributed by atoms with E-state index in [1.165, 1.54) is 6.07 Å². The number of carbonyl (C=O) groups excluding carboxylic acids is 1. The van der Waals surface area contributed by atoms with Crippen LogP contribution in [0.2, 0.25) is 0 Å². The highest BCUT2D eigenvalue weighted by Gasteiger charge is 2.38. The molecule has 0 bridgehead atoms. The van der Waals surface area contributed by atoms with E-state index in [2.05, 4.69) is 4.98 Å². The fourth-order valence-corrected chi connectivity index (χ4v) is 2.30. The van der Waals surface area contributed by atoms with Crippen molar-refractivity contribution in [3.8, 4) is 0 Å². The number of nitro groups is 1. The van der Waals surface area contributed by atoms with Gasteiger partial charge in [0.1, 0.15) is 17.6 Å². The molecule has 2 aliphatic rings. The predicted octanol–water partition coefficient (Wildman–Crippen LogP) is 1.59. The van der Waals surface area contributed by atoms with Crippen LogP contribution in [0.3, 0.4) is 0 Å².